The second-order valence-electron chi connectivity index (χ2n) is 5.71. The number of fused-ring (bicyclic) bond motifs is 1. The Morgan fingerprint density at radius 2 is 1.39 bits per heavy atom. The van der Waals surface area contributed by atoms with Crippen molar-refractivity contribution in [2.75, 3.05) is 0 Å². The molecule has 0 aromatic heterocycles. The van der Waals surface area contributed by atoms with Crippen molar-refractivity contribution in [1.82, 2.24) is 0 Å². The molecule has 23 heavy (non-hydrogen) atoms. The van der Waals surface area contributed by atoms with Gasteiger partial charge in [0.1, 0.15) is 11.9 Å². The summed E-state index contributed by atoms with van der Waals surface area (Å²) in [4.78, 5) is 1.31. The largest absolute Gasteiger partial charge is 0.485 e. The van der Waals surface area contributed by atoms with Gasteiger partial charge in [-0.15, -0.1) is 11.8 Å². The monoisotopic (exact) mass is 318 g/mol. The van der Waals surface area contributed by atoms with Crippen molar-refractivity contribution in [1.29, 1.82) is 0 Å². The SMILES string of the molecule is c1ccc(SC2CC(c3ccccc3)Oc3ccccc32)cc1. The number of benzene rings is 3. The fraction of sp³-hybridized carbons (Fsp3) is 0.143. The van der Waals surface area contributed by atoms with Gasteiger partial charge in [-0.05, 0) is 23.8 Å². The van der Waals surface area contributed by atoms with Crippen LogP contribution in [-0.2, 0) is 0 Å². The highest BCUT2D eigenvalue weighted by Gasteiger charge is 2.29. The van der Waals surface area contributed by atoms with Crippen LogP contribution in [0.3, 0.4) is 0 Å². The Labute approximate surface area is 141 Å². The number of thioether (sulfide) groups is 1. The Morgan fingerprint density at radius 3 is 2.17 bits per heavy atom. The number of rotatable bonds is 3. The summed E-state index contributed by atoms with van der Waals surface area (Å²) < 4.78 is 6.27. The van der Waals surface area contributed by atoms with E-state index in [1.807, 2.05) is 11.8 Å². The Balaban J connectivity index is 1.67. The summed E-state index contributed by atoms with van der Waals surface area (Å²) in [6.45, 7) is 0. The predicted octanol–water partition coefficient (Wildman–Crippen LogP) is 6.04. The van der Waals surface area contributed by atoms with Crippen LogP contribution in [0.15, 0.2) is 89.8 Å². The predicted molar refractivity (Wildman–Crippen MR) is 95.9 cm³/mol. The Hall–Kier alpha value is -2.19. The first kappa shape index (κ1) is 14.4. The summed E-state index contributed by atoms with van der Waals surface area (Å²) in [5.41, 5.74) is 2.55. The molecule has 2 heteroatoms. The molecule has 0 fully saturated rings. The van der Waals surface area contributed by atoms with E-state index < -0.39 is 0 Å². The van der Waals surface area contributed by atoms with E-state index >= 15 is 0 Å². The maximum atomic E-state index is 6.27. The summed E-state index contributed by atoms with van der Waals surface area (Å²) in [6, 6.07) is 29.6. The van der Waals surface area contributed by atoms with Crippen molar-refractivity contribution in [2.45, 2.75) is 22.7 Å². The van der Waals surface area contributed by atoms with E-state index in [1.165, 1.54) is 16.0 Å². The van der Waals surface area contributed by atoms with E-state index in [9.17, 15) is 0 Å². The fourth-order valence-electron chi connectivity index (χ4n) is 3.02. The molecule has 0 N–H and O–H groups in total. The van der Waals surface area contributed by atoms with E-state index in [0.29, 0.717) is 5.25 Å². The van der Waals surface area contributed by atoms with Crippen LogP contribution >= 0.6 is 11.8 Å². The van der Waals surface area contributed by atoms with Gasteiger partial charge in [0.05, 0.1) is 0 Å². The molecule has 1 aliphatic rings. The molecule has 1 nitrogen and oxygen atoms in total. The van der Waals surface area contributed by atoms with E-state index in [0.717, 1.165) is 12.2 Å². The lowest BCUT2D eigenvalue weighted by Crippen LogP contribution is -2.17. The minimum atomic E-state index is 0.118. The molecular weight excluding hydrogens is 300 g/mol. The van der Waals surface area contributed by atoms with Crippen molar-refractivity contribution in [3.05, 3.63) is 96.1 Å². The topological polar surface area (TPSA) is 9.23 Å². The first-order chi connectivity index (χ1) is 11.4. The van der Waals surface area contributed by atoms with Gasteiger partial charge in [-0.1, -0.05) is 66.7 Å². The minimum absolute atomic E-state index is 0.118. The third-order valence-electron chi connectivity index (χ3n) is 4.16. The lowest BCUT2D eigenvalue weighted by atomic mass is 9.97. The lowest BCUT2D eigenvalue weighted by molar-refractivity contribution is 0.175. The second kappa shape index (κ2) is 6.51. The number of ether oxygens (including phenoxy) is 1. The zero-order valence-electron chi connectivity index (χ0n) is 12.8. The van der Waals surface area contributed by atoms with E-state index in [4.69, 9.17) is 4.74 Å². The summed E-state index contributed by atoms with van der Waals surface area (Å²) >= 11 is 1.93. The molecule has 1 aliphatic heterocycles. The maximum Gasteiger partial charge on any atom is 0.125 e. The van der Waals surface area contributed by atoms with Crippen LogP contribution in [0.1, 0.15) is 28.9 Å². The smallest absolute Gasteiger partial charge is 0.125 e. The Bertz CT molecular complexity index is 770. The van der Waals surface area contributed by atoms with Crippen LogP contribution in [0.25, 0.3) is 0 Å². The molecule has 0 saturated heterocycles. The summed E-state index contributed by atoms with van der Waals surface area (Å²) in [6.07, 6.45) is 1.10. The van der Waals surface area contributed by atoms with Gasteiger partial charge in [-0.25, -0.2) is 0 Å². The standard InChI is InChI=1S/C21H18OS/c1-3-9-16(10-4-1)20-15-21(23-17-11-5-2-6-12-17)18-13-7-8-14-19(18)22-20/h1-14,20-21H,15H2. The zero-order valence-corrected chi connectivity index (χ0v) is 13.6. The zero-order chi connectivity index (χ0) is 15.5. The molecule has 3 aromatic rings. The Morgan fingerprint density at radius 1 is 0.739 bits per heavy atom. The van der Waals surface area contributed by atoms with Crippen LogP contribution in [0.5, 0.6) is 5.75 Å². The number of hydrogen-bond acceptors (Lipinski definition) is 2. The highest BCUT2D eigenvalue weighted by molar-refractivity contribution is 7.99. The normalized spacial score (nSPS) is 19.7. The Kier molecular flexibility index (Phi) is 4.08. The van der Waals surface area contributed by atoms with Gasteiger partial charge in [-0.2, -0.15) is 0 Å². The summed E-state index contributed by atoms with van der Waals surface area (Å²) in [7, 11) is 0. The average molecular weight is 318 g/mol. The van der Waals surface area contributed by atoms with Crippen LogP contribution in [-0.4, -0.2) is 0 Å². The van der Waals surface area contributed by atoms with Gasteiger partial charge in [0, 0.05) is 22.1 Å². The second-order valence-corrected chi connectivity index (χ2v) is 6.99. The third-order valence-corrected chi connectivity index (χ3v) is 5.43. The van der Waals surface area contributed by atoms with Crippen molar-refractivity contribution in [3.8, 4) is 5.75 Å². The van der Waals surface area contributed by atoms with E-state index in [1.54, 1.807) is 0 Å². The van der Waals surface area contributed by atoms with E-state index in [-0.39, 0.29) is 6.10 Å². The number of para-hydroxylation sites is 1. The highest BCUT2D eigenvalue weighted by atomic mass is 32.2. The first-order valence-corrected chi connectivity index (χ1v) is 8.80. The molecule has 4 rings (SSSR count). The van der Waals surface area contributed by atoms with Gasteiger partial charge < -0.3 is 4.74 Å². The molecule has 2 atom stereocenters. The van der Waals surface area contributed by atoms with E-state index in [2.05, 4.69) is 84.9 Å². The molecule has 0 spiro atoms. The molecular formula is C21H18OS. The van der Waals surface area contributed by atoms with Gasteiger partial charge in [0.25, 0.3) is 0 Å². The molecule has 0 radical (unpaired) electrons. The summed E-state index contributed by atoms with van der Waals surface area (Å²) in [5, 5.41) is 0.410. The first-order valence-electron chi connectivity index (χ1n) is 7.92. The lowest BCUT2D eigenvalue weighted by Gasteiger charge is -2.32. The molecule has 0 bridgehead atoms. The van der Waals surface area contributed by atoms with Crippen molar-refractivity contribution in [2.24, 2.45) is 0 Å². The molecule has 2 unspecified atom stereocenters. The molecule has 3 aromatic carbocycles. The molecule has 1 heterocycles. The quantitative estimate of drug-likeness (QED) is 0.582. The van der Waals surface area contributed by atoms with Crippen molar-refractivity contribution >= 4 is 11.8 Å². The molecule has 0 amide bonds. The third kappa shape index (κ3) is 3.13. The summed E-state index contributed by atoms with van der Waals surface area (Å²) in [5.74, 6) is 1.01. The maximum absolute atomic E-state index is 6.27. The highest BCUT2D eigenvalue weighted by Crippen LogP contribution is 2.49. The van der Waals surface area contributed by atoms with Gasteiger partial charge >= 0.3 is 0 Å². The van der Waals surface area contributed by atoms with Gasteiger partial charge in [0.2, 0.25) is 0 Å². The van der Waals surface area contributed by atoms with Gasteiger partial charge in [0.15, 0.2) is 0 Å². The molecule has 114 valence electrons. The molecule has 0 aliphatic carbocycles. The average Bonchev–Trinajstić information content (AvgIpc) is 2.63. The number of hydrogen-bond donors (Lipinski definition) is 0. The van der Waals surface area contributed by atoms with Gasteiger partial charge in [-0.3, -0.25) is 0 Å². The van der Waals surface area contributed by atoms with Crippen LogP contribution in [0, 0.1) is 0 Å². The minimum Gasteiger partial charge on any atom is -0.485 e. The molecule has 0 saturated carbocycles. The van der Waals surface area contributed by atoms with Crippen LogP contribution < -0.4 is 4.74 Å². The van der Waals surface area contributed by atoms with Crippen molar-refractivity contribution < 1.29 is 4.74 Å². The van der Waals surface area contributed by atoms with Crippen molar-refractivity contribution in [3.63, 3.8) is 0 Å². The van der Waals surface area contributed by atoms with Crippen LogP contribution in [0.2, 0.25) is 0 Å². The van der Waals surface area contributed by atoms with Crippen LogP contribution in [0.4, 0.5) is 0 Å². The fourth-order valence-corrected chi connectivity index (χ4v) is 4.26.